The first kappa shape index (κ1) is 23.1. The molecular formula is C22H26Cl2N2O3S. The number of hydrogen-bond donors (Lipinski definition) is 0. The van der Waals surface area contributed by atoms with Gasteiger partial charge in [-0.1, -0.05) is 47.8 Å². The first-order valence-electron chi connectivity index (χ1n) is 10.0. The number of amides is 1. The molecule has 0 spiro atoms. The summed E-state index contributed by atoms with van der Waals surface area (Å²) in [7, 11) is -1.69. The van der Waals surface area contributed by atoms with Gasteiger partial charge in [0.25, 0.3) is 0 Å². The molecule has 1 fully saturated rings. The van der Waals surface area contributed by atoms with E-state index in [4.69, 9.17) is 23.2 Å². The summed E-state index contributed by atoms with van der Waals surface area (Å²) in [5.41, 5.74) is 1.77. The van der Waals surface area contributed by atoms with E-state index in [9.17, 15) is 13.2 Å². The van der Waals surface area contributed by atoms with E-state index in [1.54, 1.807) is 52.7 Å². The van der Waals surface area contributed by atoms with Crippen molar-refractivity contribution in [3.8, 4) is 0 Å². The second-order valence-electron chi connectivity index (χ2n) is 7.59. The number of sulfonamides is 1. The van der Waals surface area contributed by atoms with Gasteiger partial charge in [0.15, 0.2) is 0 Å². The van der Waals surface area contributed by atoms with Crippen LogP contribution in [-0.2, 0) is 27.8 Å². The summed E-state index contributed by atoms with van der Waals surface area (Å²) >= 11 is 12.1. The molecule has 0 bridgehead atoms. The summed E-state index contributed by atoms with van der Waals surface area (Å²) in [5.74, 6) is -0.00830. The van der Waals surface area contributed by atoms with Crippen molar-refractivity contribution in [2.45, 2.75) is 43.5 Å². The highest BCUT2D eigenvalue weighted by Gasteiger charge is 2.25. The van der Waals surface area contributed by atoms with E-state index in [0.29, 0.717) is 47.4 Å². The van der Waals surface area contributed by atoms with Crippen LogP contribution in [0.2, 0.25) is 10.0 Å². The molecule has 0 aromatic heterocycles. The lowest BCUT2D eigenvalue weighted by atomic mass is 10.1. The number of aryl methyl sites for hydroxylation is 1. The summed E-state index contributed by atoms with van der Waals surface area (Å²) < 4.78 is 27.0. The predicted molar refractivity (Wildman–Crippen MR) is 120 cm³/mol. The molecule has 5 nitrogen and oxygen atoms in total. The molecule has 0 aliphatic carbocycles. The van der Waals surface area contributed by atoms with Gasteiger partial charge in [0.2, 0.25) is 15.9 Å². The van der Waals surface area contributed by atoms with Gasteiger partial charge in [0.05, 0.1) is 4.90 Å². The summed E-state index contributed by atoms with van der Waals surface area (Å²) in [6, 6.07) is 12.1. The minimum absolute atomic E-state index is 0.00830. The van der Waals surface area contributed by atoms with Crippen molar-refractivity contribution in [2.75, 3.05) is 20.1 Å². The zero-order valence-electron chi connectivity index (χ0n) is 17.0. The summed E-state index contributed by atoms with van der Waals surface area (Å²) in [4.78, 5) is 14.4. The molecule has 1 heterocycles. The highest BCUT2D eigenvalue weighted by Crippen LogP contribution is 2.23. The number of rotatable bonds is 7. The molecule has 1 amide bonds. The number of halogens is 2. The second-order valence-corrected chi connectivity index (χ2v) is 10.4. The Labute approximate surface area is 188 Å². The van der Waals surface area contributed by atoms with Crippen LogP contribution in [0.4, 0.5) is 0 Å². The van der Waals surface area contributed by atoms with Crippen molar-refractivity contribution in [3.05, 3.63) is 63.6 Å². The molecular weight excluding hydrogens is 443 g/mol. The number of hydrogen-bond acceptors (Lipinski definition) is 3. The Morgan fingerprint density at radius 2 is 1.70 bits per heavy atom. The maximum Gasteiger partial charge on any atom is 0.243 e. The molecule has 2 aromatic rings. The van der Waals surface area contributed by atoms with E-state index in [1.165, 1.54) is 0 Å². The second kappa shape index (κ2) is 10.1. The molecule has 1 aliphatic heterocycles. The van der Waals surface area contributed by atoms with Crippen molar-refractivity contribution >= 4 is 39.1 Å². The number of carbonyl (C=O) groups is 1. The molecule has 30 heavy (non-hydrogen) atoms. The van der Waals surface area contributed by atoms with Gasteiger partial charge in [0.1, 0.15) is 0 Å². The molecule has 0 saturated carbocycles. The van der Waals surface area contributed by atoms with Gasteiger partial charge >= 0.3 is 0 Å². The van der Waals surface area contributed by atoms with Crippen LogP contribution in [0.1, 0.15) is 36.8 Å². The van der Waals surface area contributed by atoms with E-state index >= 15 is 0 Å². The molecule has 8 heteroatoms. The normalized spacial score (nSPS) is 15.2. The smallest absolute Gasteiger partial charge is 0.243 e. The van der Waals surface area contributed by atoms with Crippen LogP contribution in [0, 0.1) is 0 Å². The number of benzene rings is 2. The monoisotopic (exact) mass is 468 g/mol. The third kappa shape index (κ3) is 5.76. The Morgan fingerprint density at radius 1 is 1.03 bits per heavy atom. The van der Waals surface area contributed by atoms with Crippen LogP contribution in [0.3, 0.4) is 0 Å². The van der Waals surface area contributed by atoms with Gasteiger partial charge in [-0.15, -0.1) is 0 Å². The lowest BCUT2D eigenvalue weighted by Crippen LogP contribution is -2.35. The van der Waals surface area contributed by atoms with Crippen molar-refractivity contribution in [2.24, 2.45) is 0 Å². The average Bonchev–Trinajstić information content (AvgIpc) is 2.75. The SMILES string of the molecule is CN(Cc1ccc(Cl)cc1Cl)C(=O)CCc1ccc(S(=O)(=O)N2CCCCC2)cc1. The first-order chi connectivity index (χ1) is 14.3. The number of nitrogens with zero attached hydrogens (tertiary/aromatic N) is 2. The van der Waals surface area contributed by atoms with Crippen molar-refractivity contribution in [1.82, 2.24) is 9.21 Å². The lowest BCUT2D eigenvalue weighted by molar-refractivity contribution is -0.130. The van der Waals surface area contributed by atoms with E-state index in [1.807, 2.05) is 6.07 Å². The molecule has 0 unspecified atom stereocenters. The lowest BCUT2D eigenvalue weighted by Gasteiger charge is -2.25. The predicted octanol–water partition coefficient (Wildman–Crippen LogP) is 4.76. The van der Waals surface area contributed by atoms with Crippen LogP contribution in [0.5, 0.6) is 0 Å². The topological polar surface area (TPSA) is 57.7 Å². The fourth-order valence-electron chi connectivity index (χ4n) is 3.52. The molecule has 3 rings (SSSR count). The zero-order valence-corrected chi connectivity index (χ0v) is 19.3. The highest BCUT2D eigenvalue weighted by atomic mass is 35.5. The largest absolute Gasteiger partial charge is 0.341 e. The van der Waals surface area contributed by atoms with Crippen molar-refractivity contribution < 1.29 is 13.2 Å². The summed E-state index contributed by atoms with van der Waals surface area (Å²) in [6.45, 7) is 1.58. The Kier molecular flexibility index (Phi) is 7.80. The summed E-state index contributed by atoms with van der Waals surface area (Å²) in [6.07, 6.45) is 3.78. The van der Waals surface area contributed by atoms with Crippen LogP contribution in [0.25, 0.3) is 0 Å². The molecule has 1 saturated heterocycles. The fourth-order valence-corrected chi connectivity index (χ4v) is 5.50. The fraction of sp³-hybridized carbons (Fsp3) is 0.409. The number of carbonyl (C=O) groups excluding carboxylic acids is 1. The third-order valence-electron chi connectivity index (χ3n) is 5.35. The van der Waals surface area contributed by atoms with Gasteiger partial charge in [-0.3, -0.25) is 4.79 Å². The zero-order chi connectivity index (χ0) is 21.7. The van der Waals surface area contributed by atoms with Crippen LogP contribution in [0.15, 0.2) is 47.4 Å². The minimum atomic E-state index is -3.43. The summed E-state index contributed by atoms with van der Waals surface area (Å²) in [5, 5.41) is 1.09. The van der Waals surface area contributed by atoms with Gasteiger partial charge in [0, 0.05) is 43.1 Å². The van der Waals surface area contributed by atoms with E-state index in [0.717, 1.165) is 30.4 Å². The third-order valence-corrected chi connectivity index (χ3v) is 7.85. The van der Waals surface area contributed by atoms with E-state index < -0.39 is 10.0 Å². The molecule has 162 valence electrons. The van der Waals surface area contributed by atoms with Gasteiger partial charge in [-0.25, -0.2) is 8.42 Å². The Balaban J connectivity index is 1.55. The number of piperidine rings is 1. The van der Waals surface area contributed by atoms with Crippen LogP contribution >= 0.6 is 23.2 Å². The van der Waals surface area contributed by atoms with Crippen molar-refractivity contribution in [1.29, 1.82) is 0 Å². The Hall–Kier alpha value is -1.60. The maximum atomic E-state index is 12.7. The Morgan fingerprint density at radius 3 is 2.33 bits per heavy atom. The maximum absolute atomic E-state index is 12.7. The van der Waals surface area contributed by atoms with Gasteiger partial charge in [-0.05, 0) is 54.7 Å². The quantitative estimate of drug-likeness (QED) is 0.588. The van der Waals surface area contributed by atoms with E-state index in [-0.39, 0.29) is 5.91 Å². The highest BCUT2D eigenvalue weighted by molar-refractivity contribution is 7.89. The Bertz CT molecular complexity index is 988. The molecule has 2 aromatic carbocycles. The standard InChI is InChI=1S/C22H26Cl2N2O3S/c1-25(16-18-8-9-19(23)15-21(18)24)22(27)12-7-17-5-10-20(11-6-17)30(28,29)26-13-3-2-4-14-26/h5-6,8-11,15H,2-4,7,12-14,16H2,1H3. The van der Waals surface area contributed by atoms with E-state index in [2.05, 4.69) is 0 Å². The van der Waals surface area contributed by atoms with Gasteiger partial charge in [-0.2, -0.15) is 4.31 Å². The van der Waals surface area contributed by atoms with Crippen molar-refractivity contribution in [3.63, 3.8) is 0 Å². The molecule has 1 aliphatic rings. The molecule has 0 atom stereocenters. The van der Waals surface area contributed by atoms with Gasteiger partial charge < -0.3 is 4.90 Å². The molecule has 0 radical (unpaired) electrons. The average molecular weight is 469 g/mol. The first-order valence-corrected chi connectivity index (χ1v) is 12.2. The minimum Gasteiger partial charge on any atom is -0.341 e. The van der Waals surface area contributed by atoms with Crippen LogP contribution < -0.4 is 0 Å². The molecule has 0 N–H and O–H groups in total. The van der Waals surface area contributed by atoms with Crippen LogP contribution in [-0.4, -0.2) is 43.7 Å².